The molecule has 0 atom stereocenters. The second kappa shape index (κ2) is 5.55. The average molecular weight is 267 g/mol. The number of nitrogen functional groups attached to an aromatic ring is 1. The van der Waals surface area contributed by atoms with Crippen molar-refractivity contribution in [1.29, 1.82) is 0 Å². The minimum Gasteiger partial charge on any atom is -0.478 e. The summed E-state index contributed by atoms with van der Waals surface area (Å²) < 4.78 is 5.04. The normalized spacial score (nSPS) is 10.9. The van der Waals surface area contributed by atoms with Gasteiger partial charge in [0.15, 0.2) is 0 Å². The molecule has 0 aliphatic heterocycles. The first kappa shape index (κ1) is 14.7. The number of hydrogen-bond donors (Lipinski definition) is 3. The standard InChI is InChI=1S/C12H17N3O4/c1-12(2,3)19-11(18)15-6-8-9(13)7(10(16)17)4-5-14-8/h4-5H,6,13H2,1-3H3,(H,15,18)(H,16,17). The van der Waals surface area contributed by atoms with E-state index in [1.165, 1.54) is 12.3 Å². The molecule has 0 bridgehead atoms. The number of hydrogen-bond acceptors (Lipinski definition) is 5. The van der Waals surface area contributed by atoms with Gasteiger partial charge in [0.1, 0.15) is 5.60 Å². The smallest absolute Gasteiger partial charge is 0.407 e. The minimum atomic E-state index is -1.14. The van der Waals surface area contributed by atoms with Crippen LogP contribution in [0, 0.1) is 0 Å². The SMILES string of the molecule is CC(C)(C)OC(=O)NCc1nccc(C(=O)O)c1N. The van der Waals surface area contributed by atoms with Crippen LogP contribution in [0.4, 0.5) is 10.5 Å². The summed E-state index contributed by atoms with van der Waals surface area (Å²) in [6.07, 6.45) is 0.709. The number of nitrogens with zero attached hydrogens (tertiary/aromatic N) is 1. The van der Waals surface area contributed by atoms with Crippen LogP contribution in [0.25, 0.3) is 0 Å². The maximum absolute atomic E-state index is 11.4. The third-order valence-corrected chi connectivity index (χ3v) is 2.10. The Morgan fingerprint density at radius 2 is 2.11 bits per heavy atom. The lowest BCUT2D eigenvalue weighted by molar-refractivity contribution is 0.0522. The number of amides is 1. The lowest BCUT2D eigenvalue weighted by Gasteiger charge is -2.19. The molecule has 0 aliphatic carbocycles. The number of anilines is 1. The highest BCUT2D eigenvalue weighted by Crippen LogP contribution is 2.15. The Kier molecular flexibility index (Phi) is 4.31. The molecule has 19 heavy (non-hydrogen) atoms. The van der Waals surface area contributed by atoms with E-state index in [-0.39, 0.29) is 23.5 Å². The van der Waals surface area contributed by atoms with Crippen molar-refractivity contribution in [1.82, 2.24) is 10.3 Å². The molecule has 104 valence electrons. The summed E-state index contributed by atoms with van der Waals surface area (Å²) in [5.74, 6) is -1.14. The van der Waals surface area contributed by atoms with Crippen LogP contribution in [0.15, 0.2) is 12.3 Å². The van der Waals surface area contributed by atoms with Crippen LogP contribution in [-0.2, 0) is 11.3 Å². The van der Waals surface area contributed by atoms with Gasteiger partial charge in [0, 0.05) is 6.20 Å². The third-order valence-electron chi connectivity index (χ3n) is 2.10. The molecule has 0 saturated heterocycles. The molecule has 1 rings (SSSR count). The number of nitrogens with one attached hydrogen (secondary N) is 1. The highest BCUT2D eigenvalue weighted by atomic mass is 16.6. The molecular weight excluding hydrogens is 250 g/mol. The van der Waals surface area contributed by atoms with Crippen LogP contribution in [0.1, 0.15) is 36.8 Å². The molecule has 1 aromatic rings. The molecule has 0 fully saturated rings. The topological polar surface area (TPSA) is 115 Å². The quantitative estimate of drug-likeness (QED) is 0.762. The average Bonchev–Trinajstić information content (AvgIpc) is 2.24. The fourth-order valence-corrected chi connectivity index (χ4v) is 1.31. The van der Waals surface area contributed by atoms with E-state index in [1.807, 2.05) is 0 Å². The molecule has 4 N–H and O–H groups in total. The van der Waals surface area contributed by atoms with Crippen LogP contribution in [0.3, 0.4) is 0 Å². The number of aromatic nitrogens is 1. The Bertz CT molecular complexity index is 494. The van der Waals surface area contributed by atoms with Crippen molar-refractivity contribution in [2.45, 2.75) is 32.9 Å². The van der Waals surface area contributed by atoms with E-state index < -0.39 is 17.7 Å². The number of pyridine rings is 1. The van der Waals surface area contributed by atoms with Gasteiger partial charge in [0.2, 0.25) is 0 Å². The first-order valence-corrected chi connectivity index (χ1v) is 5.64. The van der Waals surface area contributed by atoms with Crippen molar-refractivity contribution in [2.75, 3.05) is 5.73 Å². The lowest BCUT2D eigenvalue weighted by atomic mass is 10.2. The van der Waals surface area contributed by atoms with Crippen LogP contribution in [0.5, 0.6) is 0 Å². The number of carbonyl (C=O) groups excluding carboxylic acids is 1. The third kappa shape index (κ3) is 4.46. The summed E-state index contributed by atoms with van der Waals surface area (Å²) in [7, 11) is 0. The second-order valence-electron chi connectivity index (χ2n) is 4.88. The maximum Gasteiger partial charge on any atom is 0.407 e. The first-order chi connectivity index (χ1) is 8.70. The maximum atomic E-state index is 11.4. The van der Waals surface area contributed by atoms with Gasteiger partial charge in [-0.15, -0.1) is 0 Å². The number of aromatic carboxylic acids is 1. The Labute approximate surface area is 110 Å². The van der Waals surface area contributed by atoms with Crippen molar-refractivity contribution < 1.29 is 19.4 Å². The zero-order valence-corrected chi connectivity index (χ0v) is 11.1. The number of carboxylic acid groups (broad SMARTS) is 1. The zero-order valence-electron chi connectivity index (χ0n) is 11.1. The van der Waals surface area contributed by atoms with Crippen molar-refractivity contribution >= 4 is 17.7 Å². The number of ether oxygens (including phenoxy) is 1. The number of nitrogens with two attached hydrogens (primary N) is 1. The zero-order chi connectivity index (χ0) is 14.6. The van der Waals surface area contributed by atoms with Crippen LogP contribution in [-0.4, -0.2) is 27.8 Å². The van der Waals surface area contributed by atoms with Crippen LogP contribution >= 0.6 is 0 Å². The van der Waals surface area contributed by atoms with Gasteiger partial charge in [-0.25, -0.2) is 9.59 Å². The molecule has 0 spiro atoms. The Morgan fingerprint density at radius 3 is 2.63 bits per heavy atom. The summed E-state index contributed by atoms with van der Waals surface area (Å²) >= 11 is 0. The lowest BCUT2D eigenvalue weighted by Crippen LogP contribution is -2.32. The Morgan fingerprint density at radius 1 is 1.47 bits per heavy atom. The van der Waals surface area contributed by atoms with Gasteiger partial charge < -0.3 is 20.9 Å². The Balaban J connectivity index is 2.71. The van der Waals surface area contributed by atoms with E-state index in [2.05, 4.69) is 10.3 Å². The first-order valence-electron chi connectivity index (χ1n) is 5.64. The molecule has 0 radical (unpaired) electrons. The van der Waals surface area contributed by atoms with Crippen molar-refractivity contribution in [3.8, 4) is 0 Å². The molecular formula is C12H17N3O4. The van der Waals surface area contributed by atoms with Gasteiger partial charge in [-0.05, 0) is 26.8 Å². The summed E-state index contributed by atoms with van der Waals surface area (Å²) in [6.45, 7) is 5.22. The second-order valence-corrected chi connectivity index (χ2v) is 4.88. The molecule has 1 heterocycles. The summed E-state index contributed by atoms with van der Waals surface area (Å²) in [5.41, 5.74) is 5.33. The molecule has 0 aliphatic rings. The molecule has 0 unspecified atom stereocenters. The predicted octanol–water partition coefficient (Wildman–Crippen LogP) is 1.39. The van der Waals surface area contributed by atoms with Crippen molar-refractivity contribution in [3.05, 3.63) is 23.5 Å². The molecule has 1 aromatic heterocycles. The van der Waals surface area contributed by atoms with E-state index in [4.69, 9.17) is 15.6 Å². The van der Waals surface area contributed by atoms with Crippen molar-refractivity contribution in [3.63, 3.8) is 0 Å². The van der Waals surface area contributed by atoms with Gasteiger partial charge in [-0.2, -0.15) is 0 Å². The van der Waals surface area contributed by atoms with Gasteiger partial charge >= 0.3 is 12.1 Å². The number of alkyl carbamates (subject to hydrolysis) is 1. The van der Waals surface area contributed by atoms with Crippen LogP contribution < -0.4 is 11.1 Å². The monoisotopic (exact) mass is 267 g/mol. The highest BCUT2D eigenvalue weighted by Gasteiger charge is 2.17. The van der Waals surface area contributed by atoms with E-state index in [1.54, 1.807) is 20.8 Å². The van der Waals surface area contributed by atoms with Gasteiger partial charge in [-0.3, -0.25) is 4.98 Å². The molecule has 7 nitrogen and oxygen atoms in total. The molecule has 7 heteroatoms. The van der Waals surface area contributed by atoms with Gasteiger partial charge in [-0.1, -0.05) is 0 Å². The van der Waals surface area contributed by atoms with E-state index >= 15 is 0 Å². The predicted molar refractivity (Wildman–Crippen MR) is 68.7 cm³/mol. The van der Waals surface area contributed by atoms with Gasteiger partial charge in [0.25, 0.3) is 0 Å². The molecule has 1 amide bonds. The summed E-state index contributed by atoms with van der Waals surface area (Å²) in [5, 5.41) is 11.4. The molecule has 0 aromatic carbocycles. The molecule has 0 saturated carbocycles. The fraction of sp³-hybridized carbons (Fsp3) is 0.417. The van der Waals surface area contributed by atoms with E-state index in [9.17, 15) is 9.59 Å². The van der Waals surface area contributed by atoms with Gasteiger partial charge in [0.05, 0.1) is 23.5 Å². The largest absolute Gasteiger partial charge is 0.478 e. The fourth-order valence-electron chi connectivity index (χ4n) is 1.31. The van der Waals surface area contributed by atoms with E-state index in [0.29, 0.717) is 0 Å². The Hall–Kier alpha value is -2.31. The van der Waals surface area contributed by atoms with Crippen LogP contribution in [0.2, 0.25) is 0 Å². The van der Waals surface area contributed by atoms with Crippen molar-refractivity contribution in [2.24, 2.45) is 0 Å². The summed E-state index contributed by atoms with van der Waals surface area (Å²) in [6, 6.07) is 1.30. The highest BCUT2D eigenvalue weighted by molar-refractivity contribution is 5.93. The minimum absolute atomic E-state index is 0.00185. The van der Waals surface area contributed by atoms with E-state index in [0.717, 1.165) is 0 Å². The number of carbonyl (C=O) groups is 2. The summed E-state index contributed by atoms with van der Waals surface area (Å²) in [4.78, 5) is 26.3. The number of carboxylic acids is 1. The number of rotatable bonds is 3.